The monoisotopic (exact) mass is 252 g/mol. The van der Waals surface area contributed by atoms with Gasteiger partial charge in [0.25, 0.3) is 0 Å². The van der Waals surface area contributed by atoms with E-state index in [4.69, 9.17) is 11.7 Å². The molecule has 0 spiro atoms. The molecule has 4 saturated carbocycles. The van der Waals surface area contributed by atoms with Crippen molar-refractivity contribution in [2.45, 2.75) is 32.1 Å². The number of carbonyl (C=O) groups is 2. The zero-order chi connectivity index (χ0) is 12.9. The second kappa shape index (κ2) is 3.93. The van der Waals surface area contributed by atoms with E-state index in [0.717, 1.165) is 25.7 Å². The van der Waals surface area contributed by atoms with Crippen molar-refractivity contribution in [3.8, 4) is 0 Å². The van der Waals surface area contributed by atoms with Crippen LogP contribution >= 0.6 is 0 Å². The van der Waals surface area contributed by atoms with E-state index in [2.05, 4.69) is 10.9 Å². The van der Waals surface area contributed by atoms with Gasteiger partial charge in [0.1, 0.15) is 0 Å². The van der Waals surface area contributed by atoms with Gasteiger partial charge < -0.3 is 0 Å². The molecule has 0 radical (unpaired) electrons. The summed E-state index contributed by atoms with van der Waals surface area (Å²) in [6.45, 7) is 0. The van der Waals surface area contributed by atoms with E-state index in [1.807, 2.05) is 0 Å². The smallest absolute Gasteiger partial charge is 0.240 e. The number of nitrogens with two attached hydrogens (primary N) is 2. The Balaban J connectivity index is 2.00. The summed E-state index contributed by atoms with van der Waals surface area (Å²) in [4.78, 5) is 24.3. The lowest BCUT2D eigenvalue weighted by Gasteiger charge is -2.59. The van der Waals surface area contributed by atoms with Gasteiger partial charge in [0.2, 0.25) is 11.8 Å². The topological polar surface area (TPSA) is 110 Å². The minimum absolute atomic E-state index is 0.185. The van der Waals surface area contributed by atoms with Crippen molar-refractivity contribution in [2.75, 3.05) is 0 Å². The number of hydrogen-bond donors (Lipinski definition) is 4. The molecule has 4 bridgehead atoms. The molecule has 6 nitrogen and oxygen atoms in total. The number of rotatable bonds is 2. The molecule has 18 heavy (non-hydrogen) atoms. The van der Waals surface area contributed by atoms with Crippen molar-refractivity contribution in [3.63, 3.8) is 0 Å². The second-order valence-electron chi connectivity index (χ2n) is 6.22. The largest absolute Gasteiger partial charge is 0.294 e. The van der Waals surface area contributed by atoms with Crippen LogP contribution < -0.4 is 22.5 Å². The van der Waals surface area contributed by atoms with Crippen molar-refractivity contribution in [2.24, 2.45) is 40.8 Å². The minimum atomic E-state index is -0.618. The van der Waals surface area contributed by atoms with Crippen LogP contribution in [0.2, 0.25) is 0 Å². The lowest BCUT2D eigenvalue weighted by molar-refractivity contribution is -0.169. The molecule has 6 heteroatoms. The highest BCUT2D eigenvalue weighted by molar-refractivity contribution is 5.91. The molecule has 0 saturated heterocycles. The third kappa shape index (κ3) is 1.42. The first kappa shape index (κ1) is 11.9. The van der Waals surface area contributed by atoms with Crippen LogP contribution in [0.4, 0.5) is 0 Å². The lowest BCUT2D eigenvalue weighted by Crippen LogP contribution is -2.63. The number of amides is 2. The van der Waals surface area contributed by atoms with Gasteiger partial charge in [-0.05, 0) is 49.9 Å². The summed E-state index contributed by atoms with van der Waals surface area (Å²) in [5, 5.41) is 0. The van der Waals surface area contributed by atoms with Gasteiger partial charge in [-0.2, -0.15) is 0 Å². The zero-order valence-corrected chi connectivity index (χ0v) is 10.3. The molecule has 0 heterocycles. The summed E-state index contributed by atoms with van der Waals surface area (Å²) < 4.78 is 0. The maximum Gasteiger partial charge on any atom is 0.240 e. The van der Waals surface area contributed by atoms with Crippen molar-refractivity contribution in [1.82, 2.24) is 10.9 Å². The van der Waals surface area contributed by atoms with Gasteiger partial charge in [-0.25, -0.2) is 11.7 Å². The Morgan fingerprint density at radius 3 is 2.11 bits per heavy atom. The third-order valence-corrected chi connectivity index (χ3v) is 5.32. The number of hydrogen-bond acceptors (Lipinski definition) is 4. The third-order valence-electron chi connectivity index (χ3n) is 5.32. The van der Waals surface area contributed by atoms with Gasteiger partial charge in [0.05, 0.1) is 11.3 Å². The summed E-state index contributed by atoms with van der Waals surface area (Å²) in [6, 6.07) is 0. The molecule has 4 fully saturated rings. The number of carbonyl (C=O) groups excluding carboxylic acids is 2. The van der Waals surface area contributed by atoms with E-state index in [9.17, 15) is 9.59 Å². The van der Waals surface area contributed by atoms with Gasteiger partial charge in [0.15, 0.2) is 0 Å². The maximum atomic E-state index is 12.2. The van der Waals surface area contributed by atoms with E-state index < -0.39 is 5.41 Å². The van der Waals surface area contributed by atoms with E-state index in [0.29, 0.717) is 11.8 Å². The zero-order valence-electron chi connectivity index (χ0n) is 10.3. The van der Waals surface area contributed by atoms with Crippen LogP contribution in [0.15, 0.2) is 0 Å². The Morgan fingerprint density at radius 2 is 1.61 bits per heavy atom. The van der Waals surface area contributed by atoms with Gasteiger partial charge >= 0.3 is 0 Å². The highest BCUT2D eigenvalue weighted by Crippen LogP contribution is 2.62. The molecule has 3 atom stereocenters. The summed E-state index contributed by atoms with van der Waals surface area (Å²) in [6.07, 6.45) is 4.86. The first-order valence-corrected chi connectivity index (χ1v) is 6.62. The summed E-state index contributed by atoms with van der Waals surface area (Å²) in [7, 11) is 0. The van der Waals surface area contributed by atoms with Gasteiger partial charge in [-0.3, -0.25) is 20.4 Å². The molecular formula is C12H20N4O2. The van der Waals surface area contributed by atoms with Crippen LogP contribution in [0.1, 0.15) is 32.1 Å². The molecule has 0 aromatic rings. The SMILES string of the molecule is NNC(=O)C1C2CC3CC(C2)CC1(C(=O)NN)C3. The molecule has 4 aliphatic rings. The first-order chi connectivity index (χ1) is 8.60. The van der Waals surface area contributed by atoms with Crippen LogP contribution in [0.3, 0.4) is 0 Å². The maximum absolute atomic E-state index is 12.2. The van der Waals surface area contributed by atoms with Crippen molar-refractivity contribution in [3.05, 3.63) is 0 Å². The molecule has 100 valence electrons. The summed E-state index contributed by atoms with van der Waals surface area (Å²) >= 11 is 0. The van der Waals surface area contributed by atoms with Crippen LogP contribution in [0.5, 0.6) is 0 Å². The Morgan fingerprint density at radius 1 is 1.00 bits per heavy atom. The molecule has 2 amide bonds. The molecule has 3 unspecified atom stereocenters. The van der Waals surface area contributed by atoms with Crippen molar-refractivity contribution >= 4 is 11.8 Å². The fourth-order valence-electron chi connectivity index (χ4n) is 5.07. The standard InChI is InChI=1S/C12H20N4O2/c13-15-10(17)9-8-2-6-1-7(3-8)5-12(9,4-6)11(18)16-14/h6-9H,1-5,13-14H2,(H,15,17)(H,16,18). The average molecular weight is 252 g/mol. The van der Waals surface area contributed by atoms with Crippen molar-refractivity contribution in [1.29, 1.82) is 0 Å². The lowest BCUT2D eigenvalue weighted by atomic mass is 9.44. The summed E-state index contributed by atoms with van der Waals surface area (Å²) in [5.74, 6) is 11.4. The molecule has 0 aromatic heterocycles. The average Bonchev–Trinajstić information content (AvgIpc) is 2.36. The Kier molecular flexibility index (Phi) is 2.60. The normalized spacial score (nSPS) is 44.8. The molecule has 4 aliphatic carbocycles. The number of hydrazine groups is 2. The molecule has 0 aromatic carbocycles. The Labute approximate surface area is 106 Å². The fraction of sp³-hybridized carbons (Fsp3) is 0.833. The predicted molar refractivity (Wildman–Crippen MR) is 64.1 cm³/mol. The van der Waals surface area contributed by atoms with Gasteiger partial charge in [0, 0.05) is 0 Å². The number of nitrogens with one attached hydrogen (secondary N) is 2. The Hall–Kier alpha value is -1.14. The quantitative estimate of drug-likeness (QED) is 0.299. The van der Waals surface area contributed by atoms with Crippen LogP contribution in [-0.2, 0) is 9.59 Å². The van der Waals surface area contributed by atoms with Crippen LogP contribution in [0.25, 0.3) is 0 Å². The fourth-order valence-corrected chi connectivity index (χ4v) is 5.07. The molecule has 0 aliphatic heterocycles. The van der Waals surface area contributed by atoms with E-state index in [1.54, 1.807) is 0 Å². The van der Waals surface area contributed by atoms with Crippen LogP contribution in [-0.4, -0.2) is 11.8 Å². The minimum Gasteiger partial charge on any atom is -0.294 e. The van der Waals surface area contributed by atoms with Crippen LogP contribution in [0, 0.1) is 29.1 Å². The van der Waals surface area contributed by atoms with E-state index in [1.165, 1.54) is 6.42 Å². The van der Waals surface area contributed by atoms with Gasteiger partial charge in [-0.1, -0.05) is 0 Å². The molecule has 6 N–H and O–H groups in total. The Bertz CT molecular complexity index is 384. The predicted octanol–water partition coefficient (Wildman–Crippen LogP) is -0.591. The molecular weight excluding hydrogens is 232 g/mol. The first-order valence-electron chi connectivity index (χ1n) is 6.62. The second-order valence-corrected chi connectivity index (χ2v) is 6.22. The highest BCUT2D eigenvalue weighted by atomic mass is 16.2. The van der Waals surface area contributed by atoms with E-state index >= 15 is 0 Å². The van der Waals surface area contributed by atoms with E-state index in [-0.39, 0.29) is 23.7 Å². The van der Waals surface area contributed by atoms with Gasteiger partial charge in [-0.15, -0.1) is 0 Å². The highest BCUT2D eigenvalue weighted by Gasteiger charge is 2.62. The van der Waals surface area contributed by atoms with Crippen molar-refractivity contribution < 1.29 is 9.59 Å². The molecule has 4 rings (SSSR count). The summed E-state index contributed by atoms with van der Waals surface area (Å²) in [5.41, 5.74) is 3.89.